The van der Waals surface area contributed by atoms with E-state index in [1.165, 1.54) is 0 Å². The number of carbonyl (C=O) groups excluding carboxylic acids is 1. The molecule has 0 bridgehead atoms. The first-order chi connectivity index (χ1) is 9.24. The molecule has 1 aromatic rings. The summed E-state index contributed by atoms with van der Waals surface area (Å²) >= 11 is 0. The fourth-order valence-electron chi connectivity index (χ4n) is 2.28. The molecule has 5 nitrogen and oxygen atoms in total. The van der Waals surface area contributed by atoms with Crippen molar-refractivity contribution in [1.82, 2.24) is 4.90 Å². The number of carbonyl (C=O) groups is 1. The van der Waals surface area contributed by atoms with Gasteiger partial charge < -0.3 is 19.2 Å². The van der Waals surface area contributed by atoms with Gasteiger partial charge in [0, 0.05) is 19.5 Å². The van der Waals surface area contributed by atoms with E-state index in [1.807, 2.05) is 13.0 Å². The van der Waals surface area contributed by atoms with E-state index in [1.54, 1.807) is 11.0 Å². The Morgan fingerprint density at radius 1 is 1.47 bits per heavy atom. The fourth-order valence-corrected chi connectivity index (χ4v) is 2.28. The molecule has 0 saturated carbocycles. The summed E-state index contributed by atoms with van der Waals surface area (Å²) in [4.78, 5) is 14.0. The van der Waals surface area contributed by atoms with Crippen molar-refractivity contribution in [3.63, 3.8) is 0 Å². The molecule has 0 radical (unpaired) electrons. The lowest BCUT2D eigenvalue weighted by atomic mass is 10.1. The number of furan rings is 1. The molecule has 0 atom stereocenters. The van der Waals surface area contributed by atoms with Gasteiger partial charge in [-0.05, 0) is 25.0 Å². The van der Waals surface area contributed by atoms with Gasteiger partial charge in [0.15, 0.2) is 5.76 Å². The highest BCUT2D eigenvalue weighted by atomic mass is 16.5. The number of ether oxygens (including phenoxy) is 1. The first-order valence-corrected chi connectivity index (χ1v) is 6.85. The maximum Gasteiger partial charge on any atom is 0.289 e. The van der Waals surface area contributed by atoms with Crippen LogP contribution in [0, 0.1) is 0 Å². The van der Waals surface area contributed by atoms with E-state index in [2.05, 4.69) is 0 Å². The van der Waals surface area contributed by atoms with Crippen molar-refractivity contribution in [3.8, 4) is 0 Å². The summed E-state index contributed by atoms with van der Waals surface area (Å²) < 4.78 is 11.0. The van der Waals surface area contributed by atoms with Gasteiger partial charge in [-0.15, -0.1) is 0 Å². The van der Waals surface area contributed by atoms with Crippen molar-refractivity contribution in [2.24, 2.45) is 0 Å². The van der Waals surface area contributed by atoms with Crippen LogP contribution in [-0.2, 0) is 11.2 Å². The van der Waals surface area contributed by atoms with E-state index in [9.17, 15) is 4.79 Å². The fraction of sp³-hybridized carbons (Fsp3) is 0.643. The lowest BCUT2D eigenvalue weighted by molar-refractivity contribution is -0.00610. The highest BCUT2D eigenvalue weighted by molar-refractivity contribution is 5.91. The van der Waals surface area contributed by atoms with Crippen LogP contribution in [0.2, 0.25) is 0 Å². The molecule has 2 rings (SSSR count). The van der Waals surface area contributed by atoms with Crippen molar-refractivity contribution >= 4 is 5.91 Å². The Bertz CT molecular complexity index is 407. The maximum absolute atomic E-state index is 12.2. The lowest BCUT2D eigenvalue weighted by Crippen LogP contribution is -2.41. The van der Waals surface area contributed by atoms with Gasteiger partial charge in [-0.2, -0.15) is 0 Å². The first kappa shape index (κ1) is 14.1. The largest absolute Gasteiger partial charge is 0.456 e. The molecule has 19 heavy (non-hydrogen) atoms. The molecular formula is C14H21NO4. The van der Waals surface area contributed by atoms with E-state index in [4.69, 9.17) is 14.3 Å². The van der Waals surface area contributed by atoms with Crippen LogP contribution in [0.5, 0.6) is 0 Å². The van der Waals surface area contributed by atoms with Crippen molar-refractivity contribution in [2.75, 3.05) is 26.3 Å². The summed E-state index contributed by atoms with van der Waals surface area (Å²) in [5.74, 6) is 1.22. The number of aliphatic hydroxyl groups excluding tert-OH is 1. The molecule has 5 heteroatoms. The number of nitrogens with zero attached hydrogens (tertiary/aromatic N) is 1. The summed E-state index contributed by atoms with van der Waals surface area (Å²) in [5.41, 5.74) is 0. The molecule has 0 unspecified atom stereocenters. The van der Waals surface area contributed by atoms with Crippen LogP contribution < -0.4 is 0 Å². The monoisotopic (exact) mass is 267 g/mol. The molecule has 0 spiro atoms. The third kappa shape index (κ3) is 3.58. The minimum Gasteiger partial charge on any atom is -0.456 e. The highest BCUT2D eigenvalue weighted by Gasteiger charge is 2.25. The summed E-state index contributed by atoms with van der Waals surface area (Å²) in [6, 6.07) is 3.60. The van der Waals surface area contributed by atoms with Gasteiger partial charge in [0.2, 0.25) is 0 Å². The quantitative estimate of drug-likeness (QED) is 0.877. The molecule has 1 N–H and O–H groups in total. The molecule has 106 valence electrons. The molecule has 2 heterocycles. The van der Waals surface area contributed by atoms with Crippen LogP contribution in [0.15, 0.2) is 16.5 Å². The Balaban J connectivity index is 1.85. The van der Waals surface area contributed by atoms with Gasteiger partial charge in [-0.1, -0.05) is 6.92 Å². The van der Waals surface area contributed by atoms with Gasteiger partial charge in [0.1, 0.15) is 5.76 Å². The zero-order valence-electron chi connectivity index (χ0n) is 11.3. The van der Waals surface area contributed by atoms with E-state index < -0.39 is 0 Å². The minimum absolute atomic E-state index is 0.0414. The highest BCUT2D eigenvalue weighted by Crippen LogP contribution is 2.17. The predicted octanol–water partition coefficient (Wildman–Crippen LogP) is 1.46. The average Bonchev–Trinajstić information content (AvgIpc) is 2.94. The third-order valence-corrected chi connectivity index (χ3v) is 3.39. The van der Waals surface area contributed by atoms with Crippen LogP contribution in [0.25, 0.3) is 0 Å². The number of aliphatic hydroxyl groups is 1. The predicted molar refractivity (Wildman–Crippen MR) is 70.0 cm³/mol. The number of amides is 1. The molecular weight excluding hydrogens is 246 g/mol. The van der Waals surface area contributed by atoms with Gasteiger partial charge in [-0.3, -0.25) is 4.79 Å². The maximum atomic E-state index is 12.2. The minimum atomic E-state index is -0.0414. The standard InChI is InChI=1S/C14H21NO4/c1-2-11-3-4-13(19-11)14(17)15-7-5-12(6-8-15)18-10-9-16/h3-4,12,16H,2,5-10H2,1H3. The van der Waals surface area contributed by atoms with Crippen LogP contribution in [-0.4, -0.2) is 48.3 Å². The van der Waals surface area contributed by atoms with E-state index in [0.29, 0.717) is 25.5 Å². The van der Waals surface area contributed by atoms with E-state index in [0.717, 1.165) is 25.0 Å². The molecule has 1 amide bonds. The number of hydrogen-bond donors (Lipinski definition) is 1. The first-order valence-electron chi connectivity index (χ1n) is 6.85. The van der Waals surface area contributed by atoms with Crippen LogP contribution in [0.4, 0.5) is 0 Å². The summed E-state index contributed by atoms with van der Waals surface area (Å²) in [6.07, 6.45) is 2.57. The normalized spacial score (nSPS) is 16.8. The van der Waals surface area contributed by atoms with E-state index >= 15 is 0 Å². The second-order valence-corrected chi connectivity index (χ2v) is 4.71. The van der Waals surface area contributed by atoms with Gasteiger partial charge >= 0.3 is 0 Å². The smallest absolute Gasteiger partial charge is 0.289 e. The van der Waals surface area contributed by atoms with Crippen molar-refractivity contribution < 1.29 is 19.1 Å². The number of aryl methyl sites for hydroxylation is 1. The molecule has 1 fully saturated rings. The number of rotatable bonds is 5. The Morgan fingerprint density at radius 2 is 2.21 bits per heavy atom. The van der Waals surface area contributed by atoms with Gasteiger partial charge in [0.25, 0.3) is 5.91 Å². The summed E-state index contributed by atoms with van der Waals surface area (Å²) in [6.45, 7) is 3.77. The molecule has 1 aliphatic heterocycles. The van der Waals surface area contributed by atoms with Crippen molar-refractivity contribution in [2.45, 2.75) is 32.3 Å². The second kappa shape index (κ2) is 6.73. The van der Waals surface area contributed by atoms with Crippen molar-refractivity contribution in [3.05, 3.63) is 23.7 Å². The van der Waals surface area contributed by atoms with Gasteiger partial charge in [0.05, 0.1) is 19.3 Å². The Hall–Kier alpha value is -1.33. The number of piperidine rings is 1. The van der Waals surface area contributed by atoms with Crippen LogP contribution in [0.1, 0.15) is 36.1 Å². The molecule has 1 aliphatic rings. The number of hydrogen-bond acceptors (Lipinski definition) is 4. The second-order valence-electron chi connectivity index (χ2n) is 4.71. The SMILES string of the molecule is CCc1ccc(C(=O)N2CCC(OCCO)CC2)o1. The average molecular weight is 267 g/mol. The van der Waals surface area contributed by atoms with E-state index in [-0.39, 0.29) is 18.6 Å². The van der Waals surface area contributed by atoms with Crippen LogP contribution in [0.3, 0.4) is 0 Å². The Kier molecular flexibility index (Phi) is 4.99. The van der Waals surface area contributed by atoms with Crippen molar-refractivity contribution in [1.29, 1.82) is 0 Å². The molecule has 0 aliphatic carbocycles. The summed E-state index contributed by atoms with van der Waals surface area (Å²) in [7, 11) is 0. The molecule has 0 aromatic carbocycles. The van der Waals surface area contributed by atoms with Crippen LogP contribution >= 0.6 is 0 Å². The number of likely N-dealkylation sites (tertiary alicyclic amines) is 1. The Morgan fingerprint density at radius 3 is 2.79 bits per heavy atom. The molecule has 1 saturated heterocycles. The summed E-state index contributed by atoms with van der Waals surface area (Å²) in [5, 5.41) is 8.71. The van der Waals surface area contributed by atoms with Gasteiger partial charge in [-0.25, -0.2) is 0 Å². The lowest BCUT2D eigenvalue weighted by Gasteiger charge is -2.31. The topological polar surface area (TPSA) is 62.9 Å². The molecule has 1 aromatic heterocycles. The zero-order chi connectivity index (χ0) is 13.7. The Labute approximate surface area is 113 Å². The third-order valence-electron chi connectivity index (χ3n) is 3.39. The zero-order valence-corrected chi connectivity index (χ0v) is 11.3.